The Kier molecular flexibility index (Phi) is 5.06. The van der Waals surface area contributed by atoms with Gasteiger partial charge in [-0.25, -0.2) is 17.9 Å². The number of amides is 2. The average Bonchev–Trinajstić information content (AvgIpc) is 3.31. The number of hydrogen-bond acceptors (Lipinski definition) is 6. The minimum atomic E-state index is -3.80. The van der Waals surface area contributed by atoms with E-state index in [0.29, 0.717) is 16.9 Å². The molecule has 2 N–H and O–H groups in total. The largest absolute Gasteiger partial charge is 0.364 e. The highest BCUT2D eigenvalue weighted by Gasteiger charge is 2.32. The quantitative estimate of drug-likeness (QED) is 0.597. The molecule has 2 amide bonds. The van der Waals surface area contributed by atoms with Gasteiger partial charge in [0.25, 0.3) is 11.8 Å². The van der Waals surface area contributed by atoms with Crippen LogP contribution in [0.5, 0.6) is 0 Å². The number of nitrogens with zero attached hydrogens (tertiary/aromatic N) is 6. The SMILES string of the molecule is Cc1cc2ncc(C(=O)N3CCN(S(=O)(=O)c4cc(C(N)=O)n(C)c4)CC3)c(C)n2n1. The van der Waals surface area contributed by atoms with E-state index in [9.17, 15) is 18.0 Å². The Bertz CT molecular complexity index is 1300. The Labute approximate surface area is 179 Å². The van der Waals surface area contributed by atoms with Crippen molar-refractivity contribution in [1.29, 1.82) is 0 Å². The summed E-state index contributed by atoms with van der Waals surface area (Å²) in [7, 11) is -2.25. The third-order valence-electron chi connectivity index (χ3n) is 5.47. The van der Waals surface area contributed by atoms with Crippen molar-refractivity contribution in [2.45, 2.75) is 18.7 Å². The lowest BCUT2D eigenvalue weighted by Crippen LogP contribution is -2.50. The number of piperazine rings is 1. The molecule has 3 aromatic heterocycles. The number of aryl methyl sites for hydroxylation is 3. The standard InChI is InChI=1S/C19H23N7O4S/c1-12-8-17-21-10-15(13(2)26(17)22-12)19(28)24-4-6-25(7-5-24)31(29,30)14-9-16(18(20)27)23(3)11-14/h8-11H,4-7H2,1-3H3,(H2,20,27). The lowest BCUT2D eigenvalue weighted by molar-refractivity contribution is 0.0695. The van der Waals surface area contributed by atoms with Crippen LogP contribution in [0.2, 0.25) is 0 Å². The molecule has 1 saturated heterocycles. The first-order chi connectivity index (χ1) is 14.6. The number of nitrogens with two attached hydrogens (primary N) is 1. The molecule has 12 heteroatoms. The van der Waals surface area contributed by atoms with E-state index in [0.717, 1.165) is 5.69 Å². The number of carbonyl (C=O) groups excluding carboxylic acids is 2. The van der Waals surface area contributed by atoms with Crippen LogP contribution in [0.3, 0.4) is 0 Å². The summed E-state index contributed by atoms with van der Waals surface area (Å²) in [6, 6.07) is 3.10. The molecule has 164 valence electrons. The van der Waals surface area contributed by atoms with Crippen LogP contribution in [0.25, 0.3) is 5.65 Å². The number of primary amides is 1. The highest BCUT2D eigenvalue weighted by Crippen LogP contribution is 2.21. The summed E-state index contributed by atoms with van der Waals surface area (Å²) in [6.45, 7) is 4.43. The number of hydrogen-bond donors (Lipinski definition) is 1. The van der Waals surface area contributed by atoms with Gasteiger partial charge in [-0.2, -0.15) is 9.40 Å². The summed E-state index contributed by atoms with van der Waals surface area (Å²) < 4.78 is 30.2. The van der Waals surface area contributed by atoms with Crippen molar-refractivity contribution in [3.8, 4) is 0 Å². The Morgan fingerprint density at radius 2 is 1.77 bits per heavy atom. The molecular weight excluding hydrogens is 422 g/mol. The smallest absolute Gasteiger partial charge is 0.265 e. The Morgan fingerprint density at radius 1 is 1.10 bits per heavy atom. The lowest BCUT2D eigenvalue weighted by Gasteiger charge is -2.34. The lowest BCUT2D eigenvalue weighted by atomic mass is 10.2. The van der Waals surface area contributed by atoms with Crippen molar-refractivity contribution in [2.75, 3.05) is 26.2 Å². The summed E-state index contributed by atoms with van der Waals surface area (Å²) in [4.78, 5) is 30.4. The number of rotatable bonds is 4. The van der Waals surface area contributed by atoms with E-state index in [2.05, 4.69) is 10.1 Å². The molecule has 0 spiro atoms. The molecule has 0 saturated carbocycles. The van der Waals surface area contributed by atoms with Gasteiger partial charge in [-0.05, 0) is 19.9 Å². The molecule has 4 rings (SSSR count). The van der Waals surface area contributed by atoms with Crippen LogP contribution in [-0.4, -0.2) is 74.8 Å². The number of fused-ring (bicyclic) bond motifs is 1. The molecule has 31 heavy (non-hydrogen) atoms. The van der Waals surface area contributed by atoms with Crippen LogP contribution in [0.15, 0.2) is 29.4 Å². The Balaban J connectivity index is 1.51. The normalized spacial score (nSPS) is 15.5. The molecule has 0 bridgehead atoms. The monoisotopic (exact) mass is 445 g/mol. The van der Waals surface area contributed by atoms with Gasteiger partial charge < -0.3 is 15.2 Å². The first-order valence-electron chi connectivity index (χ1n) is 9.67. The molecule has 1 aliphatic rings. The molecule has 0 aliphatic carbocycles. The van der Waals surface area contributed by atoms with E-state index in [1.165, 1.54) is 27.3 Å². The molecule has 0 atom stereocenters. The third kappa shape index (κ3) is 3.57. The minimum Gasteiger partial charge on any atom is -0.364 e. The summed E-state index contributed by atoms with van der Waals surface area (Å²) >= 11 is 0. The van der Waals surface area contributed by atoms with Gasteiger partial charge in [-0.15, -0.1) is 0 Å². The topological polar surface area (TPSA) is 136 Å². The van der Waals surface area contributed by atoms with Crippen molar-refractivity contribution < 1.29 is 18.0 Å². The van der Waals surface area contributed by atoms with Crippen LogP contribution < -0.4 is 5.73 Å². The van der Waals surface area contributed by atoms with Gasteiger partial charge in [0.05, 0.1) is 17.0 Å². The van der Waals surface area contributed by atoms with Gasteiger partial charge in [0, 0.05) is 51.7 Å². The predicted octanol–water partition coefficient (Wildman–Crippen LogP) is -0.0698. The van der Waals surface area contributed by atoms with E-state index >= 15 is 0 Å². The molecule has 0 aromatic carbocycles. The fraction of sp³-hybridized carbons (Fsp3) is 0.368. The zero-order valence-corrected chi connectivity index (χ0v) is 18.3. The van der Waals surface area contributed by atoms with Gasteiger partial charge in [-0.3, -0.25) is 9.59 Å². The third-order valence-corrected chi connectivity index (χ3v) is 7.34. The van der Waals surface area contributed by atoms with Gasteiger partial charge in [0.15, 0.2) is 5.65 Å². The second-order valence-corrected chi connectivity index (χ2v) is 9.48. The summed E-state index contributed by atoms with van der Waals surface area (Å²) in [5.74, 6) is -0.916. The second kappa shape index (κ2) is 7.46. The molecule has 11 nitrogen and oxygen atoms in total. The van der Waals surface area contributed by atoms with E-state index in [1.54, 1.807) is 23.4 Å². The molecule has 3 aromatic rings. The second-order valence-electron chi connectivity index (χ2n) is 7.55. The van der Waals surface area contributed by atoms with E-state index < -0.39 is 15.9 Å². The van der Waals surface area contributed by atoms with E-state index in [-0.39, 0.29) is 42.7 Å². The summed E-state index contributed by atoms with van der Waals surface area (Å²) in [5, 5.41) is 4.36. The van der Waals surface area contributed by atoms with Gasteiger partial charge in [0.1, 0.15) is 10.6 Å². The van der Waals surface area contributed by atoms with Crippen LogP contribution in [0.1, 0.15) is 32.2 Å². The fourth-order valence-corrected chi connectivity index (χ4v) is 5.24. The van der Waals surface area contributed by atoms with Gasteiger partial charge in [-0.1, -0.05) is 0 Å². The maximum atomic E-state index is 13.0. The van der Waals surface area contributed by atoms with Crippen molar-refractivity contribution >= 4 is 27.5 Å². The van der Waals surface area contributed by atoms with Crippen LogP contribution in [0, 0.1) is 13.8 Å². The van der Waals surface area contributed by atoms with Crippen LogP contribution >= 0.6 is 0 Å². The first kappa shape index (κ1) is 21.0. The zero-order chi connectivity index (χ0) is 22.5. The molecule has 1 aliphatic heterocycles. The Hall–Kier alpha value is -3.25. The van der Waals surface area contributed by atoms with E-state index in [4.69, 9.17) is 5.73 Å². The first-order valence-corrected chi connectivity index (χ1v) is 11.1. The van der Waals surface area contributed by atoms with Crippen LogP contribution in [0.4, 0.5) is 0 Å². The molecule has 4 heterocycles. The van der Waals surface area contributed by atoms with Crippen LogP contribution in [-0.2, 0) is 17.1 Å². The fourth-order valence-electron chi connectivity index (χ4n) is 3.74. The zero-order valence-electron chi connectivity index (χ0n) is 17.4. The summed E-state index contributed by atoms with van der Waals surface area (Å²) in [6.07, 6.45) is 2.90. The van der Waals surface area contributed by atoms with E-state index in [1.807, 2.05) is 13.0 Å². The van der Waals surface area contributed by atoms with Crippen molar-refractivity contribution in [2.24, 2.45) is 12.8 Å². The van der Waals surface area contributed by atoms with Crippen molar-refractivity contribution in [1.82, 2.24) is 28.4 Å². The molecule has 0 radical (unpaired) electrons. The number of aromatic nitrogens is 4. The number of sulfonamides is 1. The predicted molar refractivity (Wildman–Crippen MR) is 111 cm³/mol. The highest BCUT2D eigenvalue weighted by molar-refractivity contribution is 7.89. The average molecular weight is 446 g/mol. The number of carbonyl (C=O) groups is 2. The maximum absolute atomic E-state index is 13.0. The molecule has 0 unspecified atom stereocenters. The van der Waals surface area contributed by atoms with Gasteiger partial charge >= 0.3 is 0 Å². The van der Waals surface area contributed by atoms with Crippen molar-refractivity contribution in [3.63, 3.8) is 0 Å². The highest BCUT2D eigenvalue weighted by atomic mass is 32.2. The summed E-state index contributed by atoms with van der Waals surface area (Å²) in [5.41, 5.74) is 7.98. The molecule has 1 fully saturated rings. The minimum absolute atomic E-state index is 0.00289. The molecular formula is C19H23N7O4S. The van der Waals surface area contributed by atoms with Crippen molar-refractivity contribution in [3.05, 3.63) is 47.2 Å². The van der Waals surface area contributed by atoms with Gasteiger partial charge in [0.2, 0.25) is 10.0 Å². The maximum Gasteiger partial charge on any atom is 0.265 e. The Morgan fingerprint density at radius 3 is 2.39 bits per heavy atom.